The molecular formula is C15H22N2O3. The number of fused-ring (bicyclic) bond motifs is 1. The molecule has 0 aromatic heterocycles. The predicted molar refractivity (Wildman–Crippen MR) is 76.2 cm³/mol. The van der Waals surface area contributed by atoms with Crippen molar-refractivity contribution in [3.63, 3.8) is 0 Å². The van der Waals surface area contributed by atoms with Gasteiger partial charge in [0.25, 0.3) is 0 Å². The topological polar surface area (TPSA) is 43.0 Å². The molecule has 1 saturated heterocycles. The van der Waals surface area contributed by atoms with Gasteiger partial charge in [-0.25, -0.2) is 0 Å². The summed E-state index contributed by atoms with van der Waals surface area (Å²) in [5.74, 6) is 1.70. The number of hydrogen-bond donors (Lipinski definition) is 1. The fourth-order valence-corrected chi connectivity index (χ4v) is 2.71. The van der Waals surface area contributed by atoms with Gasteiger partial charge in [-0.15, -0.1) is 0 Å². The maximum Gasteiger partial charge on any atom is 0.231 e. The lowest BCUT2D eigenvalue weighted by molar-refractivity contribution is 0.0335. The van der Waals surface area contributed by atoms with Crippen LogP contribution in [0.25, 0.3) is 0 Å². The summed E-state index contributed by atoms with van der Waals surface area (Å²) in [4.78, 5) is 2.45. The average Bonchev–Trinajstić information content (AvgIpc) is 2.95. The van der Waals surface area contributed by atoms with E-state index < -0.39 is 0 Å². The summed E-state index contributed by atoms with van der Waals surface area (Å²) in [5, 5.41) is 3.56. The Morgan fingerprint density at radius 2 is 2.00 bits per heavy atom. The number of hydrogen-bond acceptors (Lipinski definition) is 5. The highest BCUT2D eigenvalue weighted by molar-refractivity contribution is 5.45. The first-order valence-corrected chi connectivity index (χ1v) is 7.30. The molecule has 1 unspecified atom stereocenters. The first-order valence-electron chi connectivity index (χ1n) is 7.30. The Balaban J connectivity index is 1.72. The molecule has 1 fully saturated rings. The Hall–Kier alpha value is -1.30. The second-order valence-electron chi connectivity index (χ2n) is 5.14. The Morgan fingerprint density at radius 3 is 2.80 bits per heavy atom. The predicted octanol–water partition coefficient (Wildman–Crippen LogP) is 1.40. The van der Waals surface area contributed by atoms with Crippen molar-refractivity contribution in [3.05, 3.63) is 23.8 Å². The van der Waals surface area contributed by atoms with Gasteiger partial charge in [0.2, 0.25) is 6.79 Å². The van der Waals surface area contributed by atoms with E-state index in [1.54, 1.807) is 0 Å². The SMILES string of the molecule is CCNC(CN1CCOCC1)c1ccc2c(c1)OCO2. The fraction of sp³-hybridized carbons (Fsp3) is 0.600. The lowest BCUT2D eigenvalue weighted by Crippen LogP contribution is -2.41. The Labute approximate surface area is 119 Å². The highest BCUT2D eigenvalue weighted by Gasteiger charge is 2.20. The minimum absolute atomic E-state index is 0.313. The van der Waals surface area contributed by atoms with Gasteiger partial charge in [-0.1, -0.05) is 13.0 Å². The van der Waals surface area contributed by atoms with Gasteiger partial charge < -0.3 is 19.5 Å². The summed E-state index contributed by atoms with van der Waals surface area (Å²) >= 11 is 0. The Bertz CT molecular complexity index is 447. The lowest BCUT2D eigenvalue weighted by atomic mass is 10.1. The summed E-state index contributed by atoms with van der Waals surface area (Å²) in [6.45, 7) is 8.09. The number of morpholine rings is 1. The highest BCUT2D eigenvalue weighted by atomic mass is 16.7. The van der Waals surface area contributed by atoms with Gasteiger partial charge in [-0.3, -0.25) is 4.90 Å². The van der Waals surface area contributed by atoms with Crippen LogP contribution in [-0.4, -0.2) is 51.1 Å². The van der Waals surface area contributed by atoms with Gasteiger partial charge >= 0.3 is 0 Å². The quantitative estimate of drug-likeness (QED) is 0.882. The van der Waals surface area contributed by atoms with Gasteiger partial charge in [0.05, 0.1) is 13.2 Å². The van der Waals surface area contributed by atoms with E-state index in [1.807, 2.05) is 6.07 Å². The molecule has 5 heteroatoms. The van der Waals surface area contributed by atoms with E-state index in [4.69, 9.17) is 14.2 Å². The van der Waals surface area contributed by atoms with Crippen molar-refractivity contribution in [3.8, 4) is 11.5 Å². The smallest absolute Gasteiger partial charge is 0.231 e. The van der Waals surface area contributed by atoms with Crippen molar-refractivity contribution in [1.29, 1.82) is 0 Å². The van der Waals surface area contributed by atoms with Crippen LogP contribution in [-0.2, 0) is 4.74 Å². The van der Waals surface area contributed by atoms with Gasteiger partial charge in [0, 0.05) is 25.7 Å². The molecule has 0 aliphatic carbocycles. The molecule has 1 atom stereocenters. The first kappa shape index (κ1) is 13.7. The second kappa shape index (κ2) is 6.43. The van der Waals surface area contributed by atoms with Crippen LogP contribution in [0.5, 0.6) is 11.5 Å². The van der Waals surface area contributed by atoms with Crippen LogP contribution in [0, 0.1) is 0 Å². The molecule has 1 aromatic rings. The van der Waals surface area contributed by atoms with E-state index in [2.05, 4.69) is 29.3 Å². The molecule has 0 bridgehead atoms. The summed E-state index contributed by atoms with van der Waals surface area (Å²) < 4.78 is 16.3. The highest BCUT2D eigenvalue weighted by Crippen LogP contribution is 2.34. The third-order valence-corrected chi connectivity index (χ3v) is 3.79. The van der Waals surface area contributed by atoms with E-state index in [0.29, 0.717) is 12.8 Å². The maximum absolute atomic E-state index is 5.47. The molecule has 0 spiro atoms. The summed E-state index contributed by atoms with van der Waals surface area (Å²) in [6.07, 6.45) is 0. The molecule has 110 valence electrons. The molecule has 2 heterocycles. The van der Waals surface area contributed by atoms with Crippen LogP contribution in [0.15, 0.2) is 18.2 Å². The summed E-state index contributed by atoms with van der Waals surface area (Å²) in [7, 11) is 0. The largest absolute Gasteiger partial charge is 0.454 e. The maximum atomic E-state index is 5.47. The molecule has 0 amide bonds. The summed E-state index contributed by atoms with van der Waals surface area (Å²) in [5.41, 5.74) is 1.25. The van der Waals surface area contributed by atoms with Crippen molar-refractivity contribution >= 4 is 0 Å². The minimum atomic E-state index is 0.313. The van der Waals surface area contributed by atoms with E-state index >= 15 is 0 Å². The van der Waals surface area contributed by atoms with E-state index in [-0.39, 0.29) is 0 Å². The van der Waals surface area contributed by atoms with Gasteiger partial charge in [-0.2, -0.15) is 0 Å². The molecule has 2 aliphatic rings. The van der Waals surface area contributed by atoms with E-state index in [9.17, 15) is 0 Å². The van der Waals surface area contributed by atoms with Crippen molar-refractivity contribution in [2.45, 2.75) is 13.0 Å². The Kier molecular flexibility index (Phi) is 4.40. The van der Waals surface area contributed by atoms with Gasteiger partial charge in [0.1, 0.15) is 0 Å². The van der Waals surface area contributed by atoms with E-state index in [0.717, 1.165) is 50.9 Å². The van der Waals surface area contributed by atoms with Crippen LogP contribution in [0.1, 0.15) is 18.5 Å². The number of benzene rings is 1. The van der Waals surface area contributed by atoms with Crippen LogP contribution in [0.2, 0.25) is 0 Å². The van der Waals surface area contributed by atoms with Gasteiger partial charge in [-0.05, 0) is 24.2 Å². The van der Waals surface area contributed by atoms with E-state index in [1.165, 1.54) is 5.56 Å². The van der Waals surface area contributed by atoms with Crippen LogP contribution >= 0.6 is 0 Å². The van der Waals surface area contributed by atoms with Crippen LogP contribution in [0.3, 0.4) is 0 Å². The minimum Gasteiger partial charge on any atom is -0.454 e. The second-order valence-corrected chi connectivity index (χ2v) is 5.14. The molecule has 0 radical (unpaired) electrons. The third kappa shape index (κ3) is 3.06. The molecular weight excluding hydrogens is 256 g/mol. The zero-order valence-electron chi connectivity index (χ0n) is 11.9. The standard InChI is InChI=1S/C15H22N2O3/c1-2-16-13(10-17-5-7-18-8-6-17)12-3-4-14-15(9-12)20-11-19-14/h3-4,9,13,16H,2,5-8,10-11H2,1H3. The fourth-order valence-electron chi connectivity index (χ4n) is 2.71. The van der Waals surface area contributed by atoms with Crippen LogP contribution < -0.4 is 14.8 Å². The van der Waals surface area contributed by atoms with Crippen LogP contribution in [0.4, 0.5) is 0 Å². The zero-order chi connectivity index (χ0) is 13.8. The van der Waals surface area contributed by atoms with Crippen molar-refractivity contribution in [1.82, 2.24) is 10.2 Å². The normalized spacial score (nSPS) is 20.1. The number of ether oxygens (including phenoxy) is 3. The molecule has 1 aromatic carbocycles. The molecule has 20 heavy (non-hydrogen) atoms. The van der Waals surface area contributed by atoms with Crippen molar-refractivity contribution < 1.29 is 14.2 Å². The number of likely N-dealkylation sites (N-methyl/N-ethyl adjacent to an activating group) is 1. The third-order valence-electron chi connectivity index (χ3n) is 3.79. The molecule has 2 aliphatic heterocycles. The number of rotatable bonds is 5. The Morgan fingerprint density at radius 1 is 1.20 bits per heavy atom. The van der Waals surface area contributed by atoms with Crippen molar-refractivity contribution in [2.75, 3.05) is 46.2 Å². The van der Waals surface area contributed by atoms with Gasteiger partial charge in [0.15, 0.2) is 11.5 Å². The number of nitrogens with zero attached hydrogens (tertiary/aromatic N) is 1. The summed E-state index contributed by atoms with van der Waals surface area (Å²) in [6, 6.07) is 6.53. The molecule has 1 N–H and O–H groups in total. The first-order chi connectivity index (χ1) is 9.86. The number of nitrogens with one attached hydrogen (secondary N) is 1. The molecule has 5 nitrogen and oxygen atoms in total. The zero-order valence-corrected chi connectivity index (χ0v) is 11.9. The lowest BCUT2D eigenvalue weighted by Gasteiger charge is -2.31. The molecule has 0 saturated carbocycles. The molecule has 3 rings (SSSR count). The monoisotopic (exact) mass is 278 g/mol. The average molecular weight is 278 g/mol. The van der Waals surface area contributed by atoms with Crippen molar-refractivity contribution in [2.24, 2.45) is 0 Å².